The largest absolute Gasteiger partial charge is 0.343 e. The topological polar surface area (TPSA) is 119 Å². The van der Waals surface area contributed by atoms with Crippen LogP contribution in [-0.2, 0) is 17.8 Å². The predicted molar refractivity (Wildman–Crippen MR) is 116 cm³/mol. The summed E-state index contributed by atoms with van der Waals surface area (Å²) in [5, 5.41) is 16.2. The van der Waals surface area contributed by atoms with E-state index in [0.717, 1.165) is 42.7 Å². The molecule has 3 aromatic rings. The molecule has 0 bridgehead atoms. The molecule has 0 aliphatic carbocycles. The zero-order valence-electron chi connectivity index (χ0n) is 17.2. The first-order valence-corrected chi connectivity index (χ1v) is 10.2. The van der Waals surface area contributed by atoms with Crippen molar-refractivity contribution in [3.63, 3.8) is 0 Å². The number of nitro benzene ring substituents is 1. The third-order valence-electron chi connectivity index (χ3n) is 5.46. The van der Waals surface area contributed by atoms with Gasteiger partial charge in [-0.1, -0.05) is 6.42 Å². The maximum atomic E-state index is 12.3. The number of imidazole rings is 1. The van der Waals surface area contributed by atoms with Gasteiger partial charge in [0.2, 0.25) is 5.91 Å². The van der Waals surface area contributed by atoms with Crippen LogP contribution < -0.4 is 10.6 Å². The Morgan fingerprint density at radius 3 is 2.77 bits per heavy atom. The Bertz CT molecular complexity index is 1180. The van der Waals surface area contributed by atoms with Crippen molar-refractivity contribution in [1.82, 2.24) is 14.9 Å². The van der Waals surface area contributed by atoms with Gasteiger partial charge in [-0.25, -0.2) is 4.98 Å². The van der Waals surface area contributed by atoms with Crippen molar-refractivity contribution < 1.29 is 14.5 Å². The lowest BCUT2D eigenvalue weighted by molar-refractivity contribution is -0.385. The smallest absolute Gasteiger partial charge is 0.272 e. The van der Waals surface area contributed by atoms with Crippen molar-refractivity contribution in [2.75, 3.05) is 11.9 Å². The lowest BCUT2D eigenvalue weighted by Gasteiger charge is -2.08. The summed E-state index contributed by atoms with van der Waals surface area (Å²) in [5.74, 6) is 0.246. The van der Waals surface area contributed by atoms with Gasteiger partial charge >= 0.3 is 0 Å². The molecule has 31 heavy (non-hydrogen) atoms. The van der Waals surface area contributed by atoms with Crippen molar-refractivity contribution in [2.24, 2.45) is 0 Å². The van der Waals surface area contributed by atoms with Gasteiger partial charge in [0, 0.05) is 35.8 Å². The zero-order valence-corrected chi connectivity index (χ0v) is 17.2. The van der Waals surface area contributed by atoms with Crippen LogP contribution in [0.25, 0.3) is 11.0 Å². The van der Waals surface area contributed by atoms with E-state index in [0.29, 0.717) is 11.3 Å². The molecular weight excluding hydrogens is 398 g/mol. The lowest BCUT2D eigenvalue weighted by Crippen LogP contribution is -2.32. The molecular formula is C22H23N5O4. The molecule has 0 saturated heterocycles. The number of rotatable bonds is 5. The first-order valence-electron chi connectivity index (χ1n) is 10.2. The number of anilines is 1. The van der Waals surface area contributed by atoms with Crippen LogP contribution in [0.1, 0.15) is 41.0 Å². The molecule has 0 saturated carbocycles. The van der Waals surface area contributed by atoms with Crippen molar-refractivity contribution in [2.45, 2.75) is 39.2 Å². The van der Waals surface area contributed by atoms with Gasteiger partial charge in [-0.2, -0.15) is 0 Å². The third-order valence-corrected chi connectivity index (χ3v) is 5.46. The summed E-state index contributed by atoms with van der Waals surface area (Å²) in [6.45, 7) is 2.31. The average Bonchev–Trinajstić information content (AvgIpc) is 2.91. The van der Waals surface area contributed by atoms with Crippen LogP contribution in [0, 0.1) is 17.0 Å². The average molecular weight is 421 g/mol. The highest BCUT2D eigenvalue weighted by Crippen LogP contribution is 2.24. The van der Waals surface area contributed by atoms with Gasteiger partial charge in [0.25, 0.3) is 11.6 Å². The number of aryl methyl sites for hydroxylation is 3. The normalized spacial score (nSPS) is 13.3. The van der Waals surface area contributed by atoms with Crippen molar-refractivity contribution >= 4 is 34.2 Å². The summed E-state index contributed by atoms with van der Waals surface area (Å²) in [4.78, 5) is 39.7. The van der Waals surface area contributed by atoms with E-state index in [-0.39, 0.29) is 23.7 Å². The summed E-state index contributed by atoms with van der Waals surface area (Å²) in [6, 6.07) is 9.73. The lowest BCUT2D eigenvalue weighted by atomic mass is 10.1. The van der Waals surface area contributed by atoms with Crippen LogP contribution in [0.5, 0.6) is 0 Å². The first kappa shape index (κ1) is 20.5. The highest BCUT2D eigenvalue weighted by molar-refractivity contribution is 6.00. The Balaban J connectivity index is 1.38. The molecule has 160 valence electrons. The van der Waals surface area contributed by atoms with Crippen LogP contribution in [0.2, 0.25) is 0 Å². The Hall–Kier alpha value is -3.75. The van der Waals surface area contributed by atoms with E-state index in [1.54, 1.807) is 6.92 Å². The molecule has 1 aliphatic rings. The van der Waals surface area contributed by atoms with Crippen molar-refractivity contribution in [3.8, 4) is 0 Å². The Morgan fingerprint density at radius 1 is 1.16 bits per heavy atom. The van der Waals surface area contributed by atoms with Gasteiger partial charge in [0.05, 0.1) is 22.5 Å². The standard InChI is InChI=1S/C22H23N5O4/c1-14-11-15(6-8-18(14)27(30)31)22(29)23-13-21(28)24-16-7-9-19-17(12-16)25-20-5-3-2-4-10-26(19)20/h6-9,11-12H,2-5,10,13H2,1H3,(H,23,29)(H,24,28). The van der Waals surface area contributed by atoms with E-state index < -0.39 is 10.8 Å². The van der Waals surface area contributed by atoms with Crippen molar-refractivity contribution in [3.05, 3.63) is 63.5 Å². The summed E-state index contributed by atoms with van der Waals surface area (Å²) < 4.78 is 2.25. The molecule has 1 aromatic heterocycles. The summed E-state index contributed by atoms with van der Waals surface area (Å²) in [7, 11) is 0. The number of nitrogens with zero attached hydrogens (tertiary/aromatic N) is 3. The molecule has 0 fully saturated rings. The van der Waals surface area contributed by atoms with Gasteiger partial charge < -0.3 is 15.2 Å². The van der Waals surface area contributed by atoms with E-state index in [4.69, 9.17) is 4.98 Å². The van der Waals surface area contributed by atoms with Gasteiger partial charge in [0.15, 0.2) is 0 Å². The van der Waals surface area contributed by atoms with Crippen LogP contribution in [0.4, 0.5) is 11.4 Å². The molecule has 4 rings (SSSR count). The third kappa shape index (κ3) is 4.40. The molecule has 9 nitrogen and oxygen atoms in total. The molecule has 1 aliphatic heterocycles. The number of carbonyl (C=O) groups is 2. The van der Waals surface area contributed by atoms with Gasteiger partial charge in [-0.3, -0.25) is 19.7 Å². The molecule has 0 unspecified atom stereocenters. The summed E-state index contributed by atoms with van der Waals surface area (Å²) in [5.41, 5.74) is 3.12. The number of hydrogen-bond acceptors (Lipinski definition) is 5. The predicted octanol–water partition coefficient (Wildman–Crippen LogP) is 3.35. The van der Waals surface area contributed by atoms with Crippen LogP contribution in [0.15, 0.2) is 36.4 Å². The maximum absolute atomic E-state index is 12.3. The highest BCUT2D eigenvalue weighted by atomic mass is 16.6. The number of carbonyl (C=O) groups excluding carboxylic acids is 2. The monoisotopic (exact) mass is 421 g/mol. The fourth-order valence-electron chi connectivity index (χ4n) is 3.90. The number of aromatic nitrogens is 2. The molecule has 2 heterocycles. The molecule has 0 atom stereocenters. The van der Waals surface area contributed by atoms with E-state index in [9.17, 15) is 19.7 Å². The summed E-state index contributed by atoms with van der Waals surface area (Å²) >= 11 is 0. The second-order valence-corrected chi connectivity index (χ2v) is 7.68. The SMILES string of the molecule is Cc1cc(C(=O)NCC(=O)Nc2ccc3c(c2)nc2n3CCCCC2)ccc1[N+](=O)[O-]. The van der Waals surface area contributed by atoms with Crippen molar-refractivity contribution in [1.29, 1.82) is 0 Å². The quantitative estimate of drug-likeness (QED) is 0.484. The van der Waals surface area contributed by atoms with E-state index in [1.807, 2.05) is 18.2 Å². The summed E-state index contributed by atoms with van der Waals surface area (Å²) in [6.07, 6.45) is 4.46. The fraction of sp³-hybridized carbons (Fsp3) is 0.318. The molecule has 2 N–H and O–H groups in total. The minimum Gasteiger partial charge on any atom is -0.343 e. The maximum Gasteiger partial charge on any atom is 0.272 e. The van der Waals surface area contributed by atoms with E-state index in [2.05, 4.69) is 15.2 Å². The highest BCUT2D eigenvalue weighted by Gasteiger charge is 2.16. The zero-order chi connectivity index (χ0) is 22.0. The Kier molecular flexibility index (Phi) is 5.66. The Morgan fingerprint density at radius 2 is 2.00 bits per heavy atom. The minimum atomic E-state index is -0.501. The van der Waals surface area contributed by atoms with Gasteiger partial charge in [0.1, 0.15) is 5.82 Å². The number of amides is 2. The molecule has 2 aromatic carbocycles. The van der Waals surface area contributed by atoms with Crippen LogP contribution >= 0.6 is 0 Å². The molecule has 0 radical (unpaired) electrons. The second-order valence-electron chi connectivity index (χ2n) is 7.68. The number of nitrogens with one attached hydrogen (secondary N) is 2. The van der Waals surface area contributed by atoms with Gasteiger partial charge in [-0.05, 0) is 50.1 Å². The molecule has 0 spiro atoms. The van der Waals surface area contributed by atoms with Gasteiger partial charge in [-0.15, -0.1) is 0 Å². The molecule has 2 amide bonds. The number of nitro groups is 1. The van der Waals surface area contributed by atoms with E-state index >= 15 is 0 Å². The fourth-order valence-corrected chi connectivity index (χ4v) is 3.90. The Labute approximate surface area is 178 Å². The molecule has 9 heteroatoms. The number of benzene rings is 2. The van der Waals surface area contributed by atoms with Crippen LogP contribution in [-0.4, -0.2) is 32.8 Å². The second kappa shape index (κ2) is 8.55. The van der Waals surface area contributed by atoms with Crippen LogP contribution in [0.3, 0.4) is 0 Å². The number of hydrogen-bond donors (Lipinski definition) is 2. The number of fused-ring (bicyclic) bond motifs is 3. The van der Waals surface area contributed by atoms with E-state index in [1.165, 1.54) is 24.6 Å². The first-order chi connectivity index (χ1) is 14.9. The minimum absolute atomic E-state index is 0.0544.